The number of nitrogens with zero attached hydrogens (tertiary/aromatic N) is 3. The maximum Gasteiger partial charge on any atom is 0.227 e. The van der Waals surface area contributed by atoms with Crippen LogP contribution in [-0.2, 0) is 6.42 Å². The molecule has 5 nitrogen and oxygen atoms in total. The van der Waals surface area contributed by atoms with Crippen molar-refractivity contribution in [3.8, 4) is 0 Å². The highest BCUT2D eigenvalue weighted by Crippen LogP contribution is 2.26. The second-order valence-corrected chi connectivity index (χ2v) is 7.15. The van der Waals surface area contributed by atoms with Crippen molar-refractivity contribution in [2.45, 2.75) is 31.7 Å². The molecule has 0 spiro atoms. The van der Waals surface area contributed by atoms with Gasteiger partial charge >= 0.3 is 0 Å². The maximum atomic E-state index is 9.92. The molecule has 1 fully saturated rings. The minimum absolute atomic E-state index is 0.0479. The summed E-state index contributed by atoms with van der Waals surface area (Å²) < 4.78 is 0. The van der Waals surface area contributed by atoms with Crippen LogP contribution in [0.15, 0.2) is 54.6 Å². The zero-order valence-corrected chi connectivity index (χ0v) is 15.5. The van der Waals surface area contributed by atoms with Gasteiger partial charge in [-0.05, 0) is 43.4 Å². The fraction of sp³-hybridized carbons (Fsp3) is 0.364. The number of hydrogen-bond donors (Lipinski definition) is 2. The van der Waals surface area contributed by atoms with Gasteiger partial charge in [-0.15, -0.1) is 0 Å². The van der Waals surface area contributed by atoms with Gasteiger partial charge in [0.2, 0.25) is 5.95 Å². The third-order valence-electron chi connectivity index (χ3n) is 5.12. The van der Waals surface area contributed by atoms with Crippen LogP contribution in [0.25, 0.3) is 10.9 Å². The molecule has 1 aromatic heterocycles. The lowest BCUT2D eigenvalue weighted by Gasteiger charge is -2.27. The van der Waals surface area contributed by atoms with Crippen LogP contribution in [0, 0.1) is 0 Å². The molecule has 3 aromatic rings. The van der Waals surface area contributed by atoms with Crippen LogP contribution in [0.1, 0.15) is 24.8 Å². The first-order chi connectivity index (χ1) is 13.3. The molecule has 0 radical (unpaired) electrons. The van der Waals surface area contributed by atoms with Gasteiger partial charge in [0.05, 0.1) is 18.2 Å². The van der Waals surface area contributed by atoms with E-state index in [1.54, 1.807) is 0 Å². The van der Waals surface area contributed by atoms with E-state index in [1.165, 1.54) is 24.8 Å². The van der Waals surface area contributed by atoms with Crippen LogP contribution in [0.5, 0.6) is 0 Å². The summed E-state index contributed by atoms with van der Waals surface area (Å²) in [5, 5.41) is 14.4. The number of aliphatic hydroxyl groups excluding tert-OH is 1. The lowest BCUT2D eigenvalue weighted by atomic mass is 10.1. The lowest BCUT2D eigenvalue weighted by Crippen LogP contribution is -2.32. The molecular weight excluding hydrogens is 336 g/mol. The molecule has 1 atom stereocenters. The van der Waals surface area contributed by atoms with E-state index < -0.39 is 0 Å². The van der Waals surface area contributed by atoms with Crippen LogP contribution in [0.4, 0.5) is 11.8 Å². The van der Waals surface area contributed by atoms with Crippen molar-refractivity contribution in [2.75, 3.05) is 29.9 Å². The standard InChI is InChI=1S/C22H26N4O/c27-16-18(15-17-9-3-1-4-10-17)23-21-19-11-5-6-12-20(19)24-22(25-21)26-13-7-2-8-14-26/h1,3-6,9-12,18,27H,2,7-8,13-16H2,(H,23,24,25)/t18-/m0/s1. The van der Waals surface area contributed by atoms with Crippen molar-refractivity contribution in [1.29, 1.82) is 0 Å². The number of benzene rings is 2. The van der Waals surface area contributed by atoms with Crippen molar-refractivity contribution in [3.63, 3.8) is 0 Å². The fourth-order valence-electron chi connectivity index (χ4n) is 3.66. The molecule has 140 valence electrons. The number of aromatic nitrogens is 2. The Morgan fingerprint density at radius 2 is 1.67 bits per heavy atom. The van der Waals surface area contributed by atoms with E-state index in [2.05, 4.69) is 22.3 Å². The highest BCUT2D eigenvalue weighted by Gasteiger charge is 2.18. The first kappa shape index (κ1) is 17.7. The highest BCUT2D eigenvalue weighted by molar-refractivity contribution is 5.90. The van der Waals surface area contributed by atoms with Crippen LogP contribution < -0.4 is 10.2 Å². The molecule has 0 amide bonds. The van der Waals surface area contributed by atoms with E-state index in [1.807, 2.05) is 42.5 Å². The van der Waals surface area contributed by atoms with Crippen molar-refractivity contribution < 1.29 is 5.11 Å². The number of fused-ring (bicyclic) bond motifs is 1. The van der Waals surface area contributed by atoms with E-state index in [-0.39, 0.29) is 12.6 Å². The van der Waals surface area contributed by atoms with Gasteiger partial charge in [0.1, 0.15) is 5.82 Å². The molecule has 2 aromatic carbocycles. The maximum absolute atomic E-state index is 9.92. The molecule has 0 aliphatic carbocycles. The molecule has 4 rings (SSSR count). The third-order valence-corrected chi connectivity index (χ3v) is 5.12. The van der Waals surface area contributed by atoms with Gasteiger partial charge in [-0.2, -0.15) is 4.98 Å². The highest BCUT2D eigenvalue weighted by atomic mass is 16.3. The average Bonchev–Trinajstić information content (AvgIpc) is 2.74. The molecule has 0 unspecified atom stereocenters. The Kier molecular flexibility index (Phi) is 5.49. The van der Waals surface area contributed by atoms with Crippen molar-refractivity contribution in [3.05, 3.63) is 60.2 Å². The summed E-state index contributed by atoms with van der Waals surface area (Å²) in [4.78, 5) is 11.9. The lowest BCUT2D eigenvalue weighted by molar-refractivity contribution is 0.273. The van der Waals surface area contributed by atoms with Gasteiger partial charge < -0.3 is 15.3 Å². The van der Waals surface area contributed by atoms with E-state index in [9.17, 15) is 5.11 Å². The summed E-state index contributed by atoms with van der Waals surface area (Å²) in [6.07, 6.45) is 4.39. The van der Waals surface area contributed by atoms with Crippen molar-refractivity contribution in [2.24, 2.45) is 0 Å². The first-order valence-corrected chi connectivity index (χ1v) is 9.76. The van der Waals surface area contributed by atoms with Crippen LogP contribution in [-0.4, -0.2) is 40.8 Å². The van der Waals surface area contributed by atoms with Gasteiger partial charge in [0.25, 0.3) is 0 Å². The SMILES string of the molecule is OC[C@H](Cc1ccccc1)Nc1nc(N2CCCCC2)nc2ccccc12. The predicted octanol–water partition coefficient (Wildman–Crippen LogP) is 3.64. The number of rotatable bonds is 6. The molecule has 1 aliphatic heterocycles. The second kappa shape index (κ2) is 8.35. The summed E-state index contributed by atoms with van der Waals surface area (Å²) in [6.45, 7) is 2.06. The number of piperidine rings is 1. The smallest absolute Gasteiger partial charge is 0.227 e. The van der Waals surface area contributed by atoms with E-state index in [0.29, 0.717) is 0 Å². The molecule has 5 heteroatoms. The fourth-order valence-corrected chi connectivity index (χ4v) is 3.66. The number of aliphatic hydroxyl groups is 1. The van der Waals surface area contributed by atoms with Gasteiger partial charge in [0.15, 0.2) is 0 Å². The van der Waals surface area contributed by atoms with Gasteiger partial charge in [-0.1, -0.05) is 42.5 Å². The molecule has 1 aliphatic rings. The molecular formula is C22H26N4O. The zero-order chi connectivity index (χ0) is 18.5. The molecule has 2 heterocycles. The van der Waals surface area contributed by atoms with Crippen LogP contribution in [0.2, 0.25) is 0 Å². The van der Waals surface area contributed by atoms with E-state index in [0.717, 1.165) is 42.2 Å². The van der Waals surface area contributed by atoms with E-state index >= 15 is 0 Å². The van der Waals surface area contributed by atoms with E-state index in [4.69, 9.17) is 9.97 Å². The number of nitrogens with one attached hydrogen (secondary N) is 1. The Morgan fingerprint density at radius 1 is 0.926 bits per heavy atom. The third kappa shape index (κ3) is 4.19. The predicted molar refractivity (Wildman–Crippen MR) is 110 cm³/mol. The van der Waals surface area contributed by atoms with Gasteiger partial charge in [-0.25, -0.2) is 4.98 Å². The molecule has 27 heavy (non-hydrogen) atoms. The summed E-state index contributed by atoms with van der Waals surface area (Å²) in [6, 6.07) is 18.2. The minimum atomic E-state index is -0.0973. The molecule has 1 saturated heterocycles. The number of para-hydroxylation sites is 1. The van der Waals surface area contributed by atoms with Crippen LogP contribution >= 0.6 is 0 Å². The average molecular weight is 362 g/mol. The van der Waals surface area contributed by atoms with Crippen LogP contribution in [0.3, 0.4) is 0 Å². The van der Waals surface area contributed by atoms with Gasteiger partial charge in [-0.3, -0.25) is 0 Å². The Hall–Kier alpha value is -2.66. The summed E-state index contributed by atoms with van der Waals surface area (Å²) in [7, 11) is 0. The Morgan fingerprint density at radius 3 is 2.44 bits per heavy atom. The Labute approximate surface area is 160 Å². The number of hydrogen-bond acceptors (Lipinski definition) is 5. The first-order valence-electron chi connectivity index (χ1n) is 9.76. The second-order valence-electron chi connectivity index (χ2n) is 7.15. The quantitative estimate of drug-likeness (QED) is 0.701. The monoisotopic (exact) mass is 362 g/mol. The molecule has 0 bridgehead atoms. The largest absolute Gasteiger partial charge is 0.394 e. The summed E-state index contributed by atoms with van der Waals surface area (Å²) in [5.74, 6) is 1.59. The molecule has 2 N–H and O–H groups in total. The summed E-state index contributed by atoms with van der Waals surface area (Å²) >= 11 is 0. The normalized spacial score (nSPS) is 15.7. The van der Waals surface area contributed by atoms with Gasteiger partial charge in [0, 0.05) is 18.5 Å². The number of anilines is 2. The zero-order valence-electron chi connectivity index (χ0n) is 15.5. The molecule has 0 saturated carbocycles. The Bertz CT molecular complexity index is 878. The minimum Gasteiger partial charge on any atom is -0.394 e. The summed E-state index contributed by atoms with van der Waals surface area (Å²) in [5.41, 5.74) is 2.13. The Balaban J connectivity index is 1.64. The van der Waals surface area contributed by atoms with Crippen molar-refractivity contribution >= 4 is 22.7 Å². The van der Waals surface area contributed by atoms with Crippen molar-refractivity contribution in [1.82, 2.24) is 9.97 Å². The topological polar surface area (TPSA) is 61.3 Å².